The molecule has 1 aliphatic rings. The second-order valence-corrected chi connectivity index (χ2v) is 3.91. The minimum absolute atomic E-state index is 0.173. The summed E-state index contributed by atoms with van der Waals surface area (Å²) in [6.45, 7) is 2.31. The summed E-state index contributed by atoms with van der Waals surface area (Å²) in [5, 5.41) is 13.4. The van der Waals surface area contributed by atoms with Crippen molar-refractivity contribution >= 4 is 0 Å². The molecule has 0 saturated heterocycles. The van der Waals surface area contributed by atoms with Gasteiger partial charge in [-0.2, -0.15) is 4.98 Å². The van der Waals surface area contributed by atoms with Crippen LogP contribution < -0.4 is 5.73 Å². The van der Waals surface area contributed by atoms with Crippen LogP contribution in [0.3, 0.4) is 0 Å². The standard InChI is InChI=1S/C9H15N3O2/c1-5-11-9(14-12-5)6-2-7(4-10)8(13)3-6/h6-8,13H,2-4,10H2,1H3. The number of aryl methyl sites for hydroxylation is 1. The third-order valence-corrected chi connectivity index (χ3v) is 2.85. The van der Waals surface area contributed by atoms with Crippen LogP contribution in [0.1, 0.15) is 30.5 Å². The molecular formula is C9H15N3O2. The number of rotatable bonds is 2. The fraction of sp³-hybridized carbons (Fsp3) is 0.778. The van der Waals surface area contributed by atoms with Gasteiger partial charge in [0.25, 0.3) is 0 Å². The minimum atomic E-state index is -0.322. The number of nitrogens with zero attached hydrogens (tertiary/aromatic N) is 2. The zero-order valence-corrected chi connectivity index (χ0v) is 8.18. The van der Waals surface area contributed by atoms with Crippen molar-refractivity contribution in [1.82, 2.24) is 10.1 Å². The van der Waals surface area contributed by atoms with Crippen molar-refractivity contribution in [2.45, 2.75) is 31.8 Å². The second-order valence-electron chi connectivity index (χ2n) is 3.91. The first kappa shape index (κ1) is 9.61. The lowest BCUT2D eigenvalue weighted by Crippen LogP contribution is -2.21. The number of aromatic nitrogens is 2. The molecule has 1 fully saturated rings. The van der Waals surface area contributed by atoms with Gasteiger partial charge in [0.05, 0.1) is 6.10 Å². The van der Waals surface area contributed by atoms with Gasteiger partial charge in [-0.25, -0.2) is 0 Å². The quantitative estimate of drug-likeness (QED) is 0.707. The highest BCUT2D eigenvalue weighted by Crippen LogP contribution is 2.37. The summed E-state index contributed by atoms with van der Waals surface area (Å²) in [4.78, 5) is 4.17. The van der Waals surface area contributed by atoms with Crippen molar-refractivity contribution in [1.29, 1.82) is 0 Å². The van der Waals surface area contributed by atoms with Gasteiger partial charge in [-0.3, -0.25) is 0 Å². The molecule has 0 aromatic carbocycles. The summed E-state index contributed by atoms with van der Waals surface area (Å²) < 4.78 is 5.08. The Labute approximate surface area is 82.3 Å². The smallest absolute Gasteiger partial charge is 0.229 e. The molecule has 0 amide bonds. The summed E-state index contributed by atoms with van der Waals surface area (Å²) in [5.41, 5.74) is 5.54. The Bertz CT molecular complexity index is 313. The van der Waals surface area contributed by atoms with E-state index in [0.29, 0.717) is 24.7 Å². The van der Waals surface area contributed by atoms with E-state index in [0.717, 1.165) is 6.42 Å². The van der Waals surface area contributed by atoms with E-state index in [1.165, 1.54) is 0 Å². The second kappa shape index (κ2) is 3.67. The lowest BCUT2D eigenvalue weighted by molar-refractivity contribution is 0.135. The Morgan fingerprint density at radius 2 is 2.36 bits per heavy atom. The molecule has 2 rings (SSSR count). The van der Waals surface area contributed by atoms with Crippen LogP contribution in [-0.2, 0) is 0 Å². The Morgan fingerprint density at radius 1 is 1.57 bits per heavy atom. The van der Waals surface area contributed by atoms with E-state index in [9.17, 15) is 5.11 Å². The molecule has 1 aromatic rings. The fourth-order valence-electron chi connectivity index (χ4n) is 2.04. The zero-order valence-electron chi connectivity index (χ0n) is 8.18. The fourth-order valence-corrected chi connectivity index (χ4v) is 2.04. The third-order valence-electron chi connectivity index (χ3n) is 2.85. The maximum absolute atomic E-state index is 9.66. The maximum Gasteiger partial charge on any atom is 0.229 e. The first-order chi connectivity index (χ1) is 6.70. The summed E-state index contributed by atoms with van der Waals surface area (Å²) in [6.07, 6.45) is 1.21. The molecule has 5 heteroatoms. The van der Waals surface area contributed by atoms with Crippen molar-refractivity contribution < 1.29 is 9.63 Å². The van der Waals surface area contributed by atoms with E-state index in [1.54, 1.807) is 6.92 Å². The van der Waals surface area contributed by atoms with Crippen molar-refractivity contribution in [3.05, 3.63) is 11.7 Å². The average molecular weight is 197 g/mol. The number of aliphatic hydroxyl groups is 1. The van der Waals surface area contributed by atoms with Gasteiger partial charge in [-0.15, -0.1) is 0 Å². The monoisotopic (exact) mass is 197 g/mol. The molecule has 5 nitrogen and oxygen atoms in total. The summed E-state index contributed by atoms with van der Waals surface area (Å²) >= 11 is 0. The number of hydrogen-bond acceptors (Lipinski definition) is 5. The van der Waals surface area contributed by atoms with Gasteiger partial charge in [0, 0.05) is 5.92 Å². The minimum Gasteiger partial charge on any atom is -0.393 e. The van der Waals surface area contributed by atoms with Gasteiger partial charge >= 0.3 is 0 Å². The zero-order chi connectivity index (χ0) is 10.1. The van der Waals surface area contributed by atoms with Crippen LogP contribution in [0.2, 0.25) is 0 Å². The molecular weight excluding hydrogens is 182 g/mol. The molecule has 1 aliphatic carbocycles. The Morgan fingerprint density at radius 3 is 2.86 bits per heavy atom. The van der Waals surface area contributed by atoms with Crippen molar-refractivity contribution in [2.75, 3.05) is 6.54 Å². The molecule has 78 valence electrons. The van der Waals surface area contributed by atoms with Gasteiger partial charge in [-0.05, 0) is 32.2 Å². The maximum atomic E-state index is 9.66. The van der Waals surface area contributed by atoms with Crippen LogP contribution in [0.5, 0.6) is 0 Å². The van der Waals surface area contributed by atoms with Crippen molar-refractivity contribution in [2.24, 2.45) is 11.7 Å². The Kier molecular flexibility index (Phi) is 2.52. The average Bonchev–Trinajstić information content (AvgIpc) is 2.71. The molecule has 0 bridgehead atoms. The summed E-state index contributed by atoms with van der Waals surface area (Å²) in [5.74, 6) is 1.63. The van der Waals surface area contributed by atoms with Crippen LogP contribution in [-0.4, -0.2) is 27.9 Å². The van der Waals surface area contributed by atoms with Crippen LogP contribution in [0, 0.1) is 12.8 Å². The molecule has 0 radical (unpaired) electrons. The van der Waals surface area contributed by atoms with Crippen LogP contribution in [0.4, 0.5) is 0 Å². The Balaban J connectivity index is 2.08. The SMILES string of the molecule is Cc1noc(C2CC(O)C(CN)C2)n1. The lowest BCUT2D eigenvalue weighted by Gasteiger charge is -2.09. The number of nitrogens with two attached hydrogens (primary N) is 1. The Hall–Kier alpha value is -0.940. The van der Waals surface area contributed by atoms with Gasteiger partial charge in [0.2, 0.25) is 5.89 Å². The van der Waals surface area contributed by atoms with E-state index in [1.807, 2.05) is 0 Å². The van der Waals surface area contributed by atoms with E-state index in [-0.39, 0.29) is 17.9 Å². The van der Waals surface area contributed by atoms with Gasteiger partial charge in [0.1, 0.15) is 0 Å². The molecule has 3 unspecified atom stereocenters. The molecule has 14 heavy (non-hydrogen) atoms. The molecule has 3 N–H and O–H groups in total. The van der Waals surface area contributed by atoms with Crippen LogP contribution in [0.25, 0.3) is 0 Å². The lowest BCUT2D eigenvalue weighted by atomic mass is 10.0. The third kappa shape index (κ3) is 1.65. The van der Waals surface area contributed by atoms with Gasteiger partial charge in [0.15, 0.2) is 5.82 Å². The summed E-state index contributed by atoms with van der Waals surface area (Å²) in [7, 11) is 0. The molecule has 0 aliphatic heterocycles. The van der Waals surface area contributed by atoms with Gasteiger partial charge < -0.3 is 15.4 Å². The molecule has 3 atom stereocenters. The van der Waals surface area contributed by atoms with E-state index in [4.69, 9.17) is 10.3 Å². The highest BCUT2D eigenvalue weighted by atomic mass is 16.5. The predicted molar refractivity (Wildman–Crippen MR) is 49.6 cm³/mol. The van der Waals surface area contributed by atoms with E-state index in [2.05, 4.69) is 10.1 Å². The van der Waals surface area contributed by atoms with Crippen molar-refractivity contribution in [3.8, 4) is 0 Å². The number of aliphatic hydroxyl groups excluding tert-OH is 1. The van der Waals surface area contributed by atoms with Crippen molar-refractivity contribution in [3.63, 3.8) is 0 Å². The van der Waals surface area contributed by atoms with Crippen LogP contribution in [0.15, 0.2) is 4.52 Å². The predicted octanol–water partition coefficient (Wildman–Crippen LogP) is 0.191. The first-order valence-corrected chi connectivity index (χ1v) is 4.89. The molecule has 1 heterocycles. The largest absolute Gasteiger partial charge is 0.393 e. The normalized spacial score (nSPS) is 32.4. The van der Waals surface area contributed by atoms with Gasteiger partial charge in [-0.1, -0.05) is 5.16 Å². The summed E-state index contributed by atoms with van der Waals surface area (Å²) in [6, 6.07) is 0. The van der Waals surface area contributed by atoms with E-state index < -0.39 is 0 Å². The van der Waals surface area contributed by atoms with Crippen LogP contribution >= 0.6 is 0 Å². The first-order valence-electron chi connectivity index (χ1n) is 4.89. The molecule has 1 aromatic heterocycles. The highest BCUT2D eigenvalue weighted by Gasteiger charge is 2.35. The molecule has 0 spiro atoms. The highest BCUT2D eigenvalue weighted by molar-refractivity contribution is 5.00. The molecule has 1 saturated carbocycles. The topological polar surface area (TPSA) is 85.2 Å². The van der Waals surface area contributed by atoms with E-state index >= 15 is 0 Å². The number of hydrogen-bond donors (Lipinski definition) is 2.